The Kier molecular flexibility index (Phi) is 5.09. The molecule has 0 aromatic heterocycles. The number of carboxylic acids is 1. The molecule has 2 N–H and O–H groups in total. The Morgan fingerprint density at radius 1 is 1.35 bits per heavy atom. The first-order valence-electron chi connectivity index (χ1n) is 6.36. The number of carbonyl (C=O) groups is 2. The van der Waals surface area contributed by atoms with Gasteiger partial charge in [-0.25, -0.2) is 0 Å². The first kappa shape index (κ1) is 17.1. The molecular weight excluding hydrogens is 334 g/mol. The number of nitrogens with one attached hydrogen (secondary N) is 1. The van der Waals surface area contributed by atoms with E-state index < -0.39 is 29.6 Å². The Morgan fingerprint density at radius 3 is 2.57 bits per heavy atom. The second kappa shape index (κ2) is 6.86. The predicted octanol–water partition coefficient (Wildman–Crippen LogP) is 1.14. The zero-order valence-electron chi connectivity index (χ0n) is 11.4. The summed E-state index contributed by atoms with van der Waals surface area (Å²) in [5.41, 5.74) is -0.293. The number of amidine groups is 1. The van der Waals surface area contributed by atoms with Gasteiger partial charge in [0.25, 0.3) is 0 Å². The molecule has 0 spiro atoms. The summed E-state index contributed by atoms with van der Waals surface area (Å²) in [5.74, 6) is -1.57. The molecule has 0 bridgehead atoms. The van der Waals surface area contributed by atoms with Crippen molar-refractivity contribution in [3.05, 3.63) is 29.8 Å². The first-order valence-corrected chi connectivity index (χ1v) is 7.24. The lowest BCUT2D eigenvalue weighted by Crippen LogP contribution is -2.33. The van der Waals surface area contributed by atoms with Crippen LogP contribution in [0.15, 0.2) is 34.5 Å². The number of rotatable bonds is 5. The molecule has 1 aromatic rings. The van der Waals surface area contributed by atoms with Crippen molar-refractivity contribution in [2.24, 2.45) is 10.2 Å². The maximum atomic E-state index is 12.5. The van der Waals surface area contributed by atoms with E-state index in [1.54, 1.807) is 0 Å². The molecule has 2 rings (SSSR count). The van der Waals surface area contributed by atoms with Gasteiger partial charge in [-0.3, -0.25) is 9.59 Å². The van der Waals surface area contributed by atoms with Crippen LogP contribution in [0.3, 0.4) is 0 Å². The monoisotopic (exact) mass is 344 g/mol. The third-order valence-electron chi connectivity index (χ3n) is 2.81. The maximum absolute atomic E-state index is 12.5. The molecule has 11 heteroatoms. The summed E-state index contributed by atoms with van der Waals surface area (Å²) in [6, 6.07) is 4.40. The van der Waals surface area contributed by atoms with Gasteiger partial charge in [0.15, 0.2) is 5.17 Å². The molecule has 1 fully saturated rings. The Balaban J connectivity index is 1.99. The van der Waals surface area contributed by atoms with Gasteiger partial charge < -0.3 is 23.4 Å². The third-order valence-corrected chi connectivity index (χ3v) is 3.88. The number of nitrogens with zero attached hydrogens (tertiary/aromatic N) is 2. The summed E-state index contributed by atoms with van der Waals surface area (Å²) >= 11 is 0.937. The molecule has 0 radical (unpaired) electrons. The van der Waals surface area contributed by atoms with Crippen LogP contribution in [0.1, 0.15) is 12.0 Å². The van der Waals surface area contributed by atoms with Gasteiger partial charge in [-0.05, 0) is 5.56 Å². The number of halogens is 3. The van der Waals surface area contributed by atoms with Crippen LogP contribution >= 0.6 is 11.8 Å². The Morgan fingerprint density at radius 2 is 2.00 bits per heavy atom. The number of hydrogen-bond acceptors (Lipinski definition) is 5. The smallest absolute Gasteiger partial charge is 0.481 e. The largest absolute Gasteiger partial charge is 0.509 e. The summed E-state index contributed by atoms with van der Waals surface area (Å²) in [7, 11) is 0. The second-order valence-electron chi connectivity index (χ2n) is 4.58. The van der Waals surface area contributed by atoms with E-state index in [1.165, 1.54) is 18.3 Å². The van der Waals surface area contributed by atoms with Crippen LogP contribution in [0.2, 0.25) is 0 Å². The quantitative estimate of drug-likeness (QED) is 0.476. The lowest BCUT2D eigenvalue weighted by atomic mass is 9.80. The predicted molar refractivity (Wildman–Crippen MR) is 82.0 cm³/mol. The van der Waals surface area contributed by atoms with Crippen LogP contribution in [-0.2, 0) is 9.59 Å². The highest BCUT2D eigenvalue weighted by atomic mass is 32.2. The topological polar surface area (TPSA) is 91.1 Å². The van der Waals surface area contributed by atoms with Gasteiger partial charge in [-0.15, -0.1) is 10.6 Å². The van der Waals surface area contributed by atoms with Crippen LogP contribution < -0.4 is 10.8 Å². The molecule has 0 aliphatic carbocycles. The van der Waals surface area contributed by atoms with Gasteiger partial charge in [0.05, 0.1) is 12.6 Å². The fourth-order valence-corrected chi connectivity index (χ4v) is 2.61. The van der Waals surface area contributed by atoms with E-state index in [0.717, 1.165) is 23.9 Å². The second-order valence-corrected chi connectivity index (χ2v) is 5.78. The molecular formula is C12H10BF3N3O3S-. The van der Waals surface area contributed by atoms with Crippen molar-refractivity contribution in [3.63, 3.8) is 0 Å². The van der Waals surface area contributed by atoms with Gasteiger partial charge in [0, 0.05) is 0 Å². The van der Waals surface area contributed by atoms with Crippen molar-refractivity contribution in [2.45, 2.75) is 11.7 Å². The fraction of sp³-hybridized carbons (Fsp3) is 0.167. The molecule has 122 valence electrons. The number of aliphatic carboxylic acids is 1. The van der Waals surface area contributed by atoms with E-state index in [9.17, 15) is 22.5 Å². The van der Waals surface area contributed by atoms with E-state index in [-0.39, 0.29) is 11.6 Å². The molecule has 1 aliphatic heterocycles. The van der Waals surface area contributed by atoms with Crippen LogP contribution in [0.4, 0.5) is 12.9 Å². The maximum Gasteiger partial charge on any atom is 0.509 e. The van der Waals surface area contributed by atoms with E-state index >= 15 is 0 Å². The highest BCUT2D eigenvalue weighted by Gasteiger charge is 2.32. The number of benzene rings is 1. The highest BCUT2D eigenvalue weighted by molar-refractivity contribution is 8.15. The summed E-state index contributed by atoms with van der Waals surface area (Å²) in [6.45, 7) is -5.04. The minimum Gasteiger partial charge on any atom is -0.481 e. The van der Waals surface area contributed by atoms with E-state index in [2.05, 4.69) is 15.5 Å². The molecule has 23 heavy (non-hydrogen) atoms. The Hall–Kier alpha value is -2.30. The standard InChI is InChI=1S/C12H10BF3N3O3S/c14-13(15,16)8-3-1-7(2-4-8)6-17-19-12-18-11(22)9(23-12)5-10(20)21/h1-4,6,9H,5H2,(H,20,21)(H,18,19,22)/q-1. The van der Waals surface area contributed by atoms with Crippen LogP contribution in [0, 0.1) is 0 Å². The van der Waals surface area contributed by atoms with Crippen LogP contribution in [0.5, 0.6) is 0 Å². The molecule has 1 unspecified atom stereocenters. The number of hydrogen-bond donors (Lipinski definition) is 2. The summed E-state index contributed by atoms with van der Waals surface area (Å²) in [5, 5.41) is 17.8. The van der Waals surface area contributed by atoms with Gasteiger partial charge in [-0.2, -0.15) is 5.10 Å². The average Bonchev–Trinajstić information content (AvgIpc) is 2.78. The molecule has 1 aliphatic rings. The number of carboxylic acid groups (broad SMARTS) is 1. The zero-order valence-corrected chi connectivity index (χ0v) is 12.3. The zero-order chi connectivity index (χ0) is 17.0. The lowest BCUT2D eigenvalue weighted by molar-refractivity contribution is -0.138. The van der Waals surface area contributed by atoms with Crippen molar-refractivity contribution in [2.75, 3.05) is 0 Å². The molecule has 1 atom stereocenters. The fourth-order valence-electron chi connectivity index (χ4n) is 1.69. The highest BCUT2D eigenvalue weighted by Crippen LogP contribution is 2.22. The summed E-state index contributed by atoms with van der Waals surface area (Å²) in [6.07, 6.45) is 0.900. The minimum absolute atomic E-state index is 0.146. The Bertz CT molecular complexity index is 676. The molecule has 1 saturated heterocycles. The first-order chi connectivity index (χ1) is 10.8. The average molecular weight is 344 g/mol. The lowest BCUT2D eigenvalue weighted by Gasteiger charge is -2.14. The van der Waals surface area contributed by atoms with Crippen LogP contribution in [-0.4, -0.2) is 40.6 Å². The molecule has 1 heterocycles. The number of thioether (sulfide) groups is 1. The summed E-state index contributed by atoms with van der Waals surface area (Å²) in [4.78, 5) is 22.0. The van der Waals surface area contributed by atoms with E-state index in [4.69, 9.17) is 5.11 Å². The SMILES string of the molecule is O=C(O)CC1SC(=NN=Cc2ccc([B-](F)(F)F)cc2)NC1=O. The third kappa shape index (κ3) is 4.85. The van der Waals surface area contributed by atoms with E-state index in [1.807, 2.05) is 0 Å². The van der Waals surface area contributed by atoms with Crippen LogP contribution in [0.25, 0.3) is 0 Å². The number of carbonyl (C=O) groups excluding carboxylic acids is 1. The molecule has 1 aromatic carbocycles. The molecule has 1 amide bonds. The van der Waals surface area contributed by atoms with Crippen molar-refractivity contribution in [1.29, 1.82) is 0 Å². The Labute approximate surface area is 132 Å². The van der Waals surface area contributed by atoms with Crippen molar-refractivity contribution in [1.82, 2.24) is 5.32 Å². The molecule has 0 saturated carbocycles. The summed E-state index contributed by atoms with van der Waals surface area (Å²) < 4.78 is 37.4. The minimum atomic E-state index is -5.04. The van der Waals surface area contributed by atoms with Gasteiger partial charge in [0.2, 0.25) is 5.91 Å². The van der Waals surface area contributed by atoms with E-state index in [0.29, 0.717) is 5.56 Å². The van der Waals surface area contributed by atoms with Gasteiger partial charge in [0.1, 0.15) is 5.25 Å². The normalized spacial score (nSPS) is 20.2. The van der Waals surface area contributed by atoms with Crippen molar-refractivity contribution >= 4 is 47.5 Å². The number of amides is 1. The van der Waals surface area contributed by atoms with Gasteiger partial charge >= 0.3 is 12.9 Å². The molecule has 6 nitrogen and oxygen atoms in total. The van der Waals surface area contributed by atoms with Crippen molar-refractivity contribution < 1.29 is 27.6 Å². The van der Waals surface area contributed by atoms with Gasteiger partial charge in [-0.1, -0.05) is 36.0 Å². The van der Waals surface area contributed by atoms with Crippen molar-refractivity contribution in [3.8, 4) is 0 Å².